The van der Waals surface area contributed by atoms with Crippen LogP contribution in [0.2, 0.25) is 19.6 Å². The van der Waals surface area contributed by atoms with Gasteiger partial charge in [-0.3, -0.25) is 10.3 Å². The summed E-state index contributed by atoms with van der Waals surface area (Å²) < 4.78 is 5.01. The van der Waals surface area contributed by atoms with Crippen LogP contribution in [0, 0.1) is 11.5 Å². The van der Waals surface area contributed by atoms with Crippen LogP contribution in [0.4, 0.5) is 10.6 Å². The van der Waals surface area contributed by atoms with Crippen LogP contribution < -0.4 is 16.4 Å². The molecule has 0 spiro atoms. The fourth-order valence-electron chi connectivity index (χ4n) is 2.49. The molecule has 9 nitrogen and oxygen atoms in total. The summed E-state index contributed by atoms with van der Waals surface area (Å²) in [6.45, 7) is 8.79. The summed E-state index contributed by atoms with van der Waals surface area (Å²) in [5.41, 5.74) is 6.07. The standard InChI is InChI=1S/C20H22N6O3Si/c1-5-22-19(27)24-17-9-13(6-7-30(2,3)4)16(12-23-17)14-8-15(11-21-10-14)18-25-26-20(28)29-18/h8-12H,5H2,1-4H3,(H,26,28)(H2,22,23,24,27). The smallest absolute Gasteiger partial charge is 0.388 e. The Morgan fingerprint density at radius 3 is 2.63 bits per heavy atom. The molecule has 0 saturated carbocycles. The van der Waals surface area contributed by atoms with E-state index in [-0.39, 0.29) is 11.9 Å². The average Bonchev–Trinajstić information content (AvgIpc) is 3.13. The van der Waals surface area contributed by atoms with Gasteiger partial charge in [0.25, 0.3) is 5.89 Å². The van der Waals surface area contributed by atoms with Gasteiger partial charge >= 0.3 is 11.8 Å². The maximum Gasteiger partial charge on any atom is 0.434 e. The van der Waals surface area contributed by atoms with Crippen molar-refractivity contribution in [2.75, 3.05) is 11.9 Å². The van der Waals surface area contributed by atoms with Gasteiger partial charge < -0.3 is 9.73 Å². The lowest BCUT2D eigenvalue weighted by atomic mass is 10.0. The molecule has 0 unspecified atom stereocenters. The first-order chi connectivity index (χ1) is 14.2. The summed E-state index contributed by atoms with van der Waals surface area (Å²) >= 11 is 0. The predicted octanol–water partition coefficient (Wildman–Crippen LogP) is 2.86. The number of H-pyrrole nitrogens is 1. The summed E-state index contributed by atoms with van der Waals surface area (Å²) in [7, 11) is -1.65. The second-order valence-electron chi connectivity index (χ2n) is 7.48. The molecule has 10 heteroatoms. The maximum absolute atomic E-state index is 11.9. The van der Waals surface area contributed by atoms with E-state index in [0.29, 0.717) is 23.5 Å². The number of aromatic amines is 1. The van der Waals surface area contributed by atoms with Gasteiger partial charge in [-0.05, 0) is 19.1 Å². The molecule has 0 radical (unpaired) electrons. The van der Waals surface area contributed by atoms with Crippen molar-refractivity contribution in [2.24, 2.45) is 0 Å². The highest BCUT2D eigenvalue weighted by Gasteiger charge is 2.13. The van der Waals surface area contributed by atoms with Gasteiger partial charge in [0.05, 0.1) is 5.56 Å². The molecule has 0 aliphatic carbocycles. The molecule has 0 saturated heterocycles. The lowest BCUT2D eigenvalue weighted by Gasteiger charge is -2.10. The SMILES string of the molecule is CCNC(=O)Nc1cc(C#C[Si](C)(C)C)c(-c2cncc(-c3n[nH]c(=O)o3)c2)cn1. The van der Waals surface area contributed by atoms with E-state index in [2.05, 4.69) is 61.9 Å². The Bertz CT molecular complexity index is 1180. The minimum absolute atomic E-state index is 0.145. The van der Waals surface area contributed by atoms with Crippen molar-refractivity contribution in [3.05, 3.63) is 46.8 Å². The van der Waals surface area contributed by atoms with Gasteiger partial charge in [0, 0.05) is 41.8 Å². The van der Waals surface area contributed by atoms with Crippen LogP contribution in [0.1, 0.15) is 12.5 Å². The molecule has 0 aromatic carbocycles. The number of rotatable bonds is 4. The van der Waals surface area contributed by atoms with Gasteiger partial charge in [0.1, 0.15) is 13.9 Å². The first kappa shape index (κ1) is 21.0. The third-order valence-electron chi connectivity index (χ3n) is 3.79. The lowest BCUT2D eigenvalue weighted by molar-refractivity contribution is 0.252. The van der Waals surface area contributed by atoms with Gasteiger partial charge in [0.15, 0.2) is 0 Å². The van der Waals surface area contributed by atoms with Crippen LogP contribution in [0.25, 0.3) is 22.6 Å². The van der Waals surface area contributed by atoms with Gasteiger partial charge in [0.2, 0.25) is 0 Å². The number of aromatic nitrogens is 4. The molecule has 2 amide bonds. The van der Waals surface area contributed by atoms with Gasteiger partial charge in [-0.15, -0.1) is 10.6 Å². The second-order valence-corrected chi connectivity index (χ2v) is 12.2. The van der Waals surface area contributed by atoms with E-state index in [0.717, 1.165) is 11.1 Å². The van der Waals surface area contributed by atoms with Crippen molar-refractivity contribution >= 4 is 19.9 Å². The summed E-state index contributed by atoms with van der Waals surface area (Å²) in [4.78, 5) is 31.7. The predicted molar refractivity (Wildman–Crippen MR) is 117 cm³/mol. The summed E-state index contributed by atoms with van der Waals surface area (Å²) in [6.07, 6.45) is 4.85. The Morgan fingerprint density at radius 2 is 1.97 bits per heavy atom. The minimum Gasteiger partial charge on any atom is -0.388 e. The van der Waals surface area contributed by atoms with Gasteiger partial charge in [-0.1, -0.05) is 25.6 Å². The van der Waals surface area contributed by atoms with E-state index in [1.165, 1.54) is 0 Å². The van der Waals surface area contributed by atoms with E-state index in [1.807, 2.05) is 6.92 Å². The summed E-state index contributed by atoms with van der Waals surface area (Å²) in [5, 5.41) is 11.4. The molecule has 3 heterocycles. The molecule has 3 aromatic rings. The average molecular weight is 423 g/mol. The quantitative estimate of drug-likeness (QED) is 0.438. The Morgan fingerprint density at radius 1 is 1.20 bits per heavy atom. The highest BCUT2D eigenvalue weighted by atomic mass is 28.3. The van der Waals surface area contributed by atoms with E-state index in [1.54, 1.807) is 30.7 Å². The van der Waals surface area contributed by atoms with Crippen LogP contribution in [-0.4, -0.2) is 40.8 Å². The van der Waals surface area contributed by atoms with E-state index in [4.69, 9.17) is 4.42 Å². The van der Waals surface area contributed by atoms with Crippen LogP contribution in [-0.2, 0) is 0 Å². The maximum atomic E-state index is 11.9. The number of nitrogens with zero attached hydrogens (tertiary/aromatic N) is 3. The lowest BCUT2D eigenvalue weighted by Crippen LogP contribution is -2.28. The molecule has 3 N–H and O–H groups in total. The van der Waals surface area contributed by atoms with Crippen molar-refractivity contribution in [3.8, 4) is 34.0 Å². The zero-order valence-electron chi connectivity index (χ0n) is 17.2. The van der Waals surface area contributed by atoms with Crippen molar-refractivity contribution in [1.82, 2.24) is 25.5 Å². The molecule has 0 aliphatic rings. The fraction of sp³-hybridized carbons (Fsp3) is 0.250. The van der Waals surface area contributed by atoms with Gasteiger partial charge in [-0.2, -0.15) is 0 Å². The fourth-order valence-corrected chi connectivity index (χ4v) is 3.00. The Labute approximate surface area is 174 Å². The van der Waals surface area contributed by atoms with Crippen LogP contribution >= 0.6 is 0 Å². The third kappa shape index (κ3) is 5.42. The Balaban J connectivity index is 2.05. The number of amides is 2. The molecule has 30 heavy (non-hydrogen) atoms. The number of pyridine rings is 2. The topological polar surface area (TPSA) is 126 Å². The highest BCUT2D eigenvalue weighted by Crippen LogP contribution is 2.27. The number of nitrogens with one attached hydrogen (secondary N) is 3. The van der Waals surface area contributed by atoms with E-state index < -0.39 is 13.8 Å². The zero-order valence-corrected chi connectivity index (χ0v) is 18.2. The summed E-state index contributed by atoms with van der Waals surface area (Å²) in [6, 6.07) is 3.19. The van der Waals surface area contributed by atoms with Crippen LogP contribution in [0.15, 0.2) is 39.9 Å². The molecule has 3 rings (SSSR count). The highest BCUT2D eigenvalue weighted by molar-refractivity contribution is 6.83. The van der Waals surface area contributed by atoms with E-state index >= 15 is 0 Å². The molecule has 0 fully saturated rings. The molecule has 0 bridgehead atoms. The van der Waals surface area contributed by atoms with Crippen LogP contribution in [0.5, 0.6) is 0 Å². The Kier molecular flexibility index (Phi) is 6.13. The zero-order chi connectivity index (χ0) is 21.7. The number of carbonyl (C=O) groups excluding carboxylic acids is 1. The first-order valence-electron chi connectivity index (χ1n) is 9.34. The number of carbonyl (C=O) groups is 1. The minimum atomic E-state index is -1.65. The van der Waals surface area contributed by atoms with Crippen molar-refractivity contribution in [2.45, 2.75) is 26.6 Å². The molecular formula is C20H22N6O3Si. The van der Waals surface area contributed by atoms with Crippen molar-refractivity contribution in [1.29, 1.82) is 0 Å². The third-order valence-corrected chi connectivity index (χ3v) is 4.66. The molecule has 3 aromatic heterocycles. The summed E-state index contributed by atoms with van der Waals surface area (Å²) in [5.74, 6) is 3.14. The number of urea groups is 1. The normalized spacial score (nSPS) is 10.8. The number of hydrogen-bond donors (Lipinski definition) is 3. The number of hydrogen-bond acceptors (Lipinski definition) is 6. The van der Waals surface area contributed by atoms with Crippen LogP contribution in [0.3, 0.4) is 0 Å². The van der Waals surface area contributed by atoms with Crippen molar-refractivity contribution in [3.63, 3.8) is 0 Å². The Hall–Kier alpha value is -3.71. The monoisotopic (exact) mass is 422 g/mol. The molecule has 0 atom stereocenters. The molecular weight excluding hydrogens is 400 g/mol. The number of anilines is 1. The molecule has 154 valence electrons. The molecule has 0 aliphatic heterocycles. The second kappa shape index (κ2) is 8.75. The largest absolute Gasteiger partial charge is 0.434 e. The first-order valence-corrected chi connectivity index (χ1v) is 12.8. The van der Waals surface area contributed by atoms with Gasteiger partial charge in [-0.25, -0.2) is 19.7 Å². The van der Waals surface area contributed by atoms with E-state index in [9.17, 15) is 9.59 Å². The van der Waals surface area contributed by atoms with Crippen molar-refractivity contribution < 1.29 is 9.21 Å².